The van der Waals surface area contributed by atoms with E-state index in [-0.39, 0.29) is 54.1 Å². The molecule has 2 saturated heterocycles. The van der Waals surface area contributed by atoms with Gasteiger partial charge in [-0.25, -0.2) is 4.79 Å². The van der Waals surface area contributed by atoms with Crippen LogP contribution in [0.4, 0.5) is 0 Å². The first-order valence-corrected chi connectivity index (χ1v) is 26.7. The van der Waals surface area contributed by atoms with E-state index in [9.17, 15) is 34.5 Å². The lowest BCUT2D eigenvalue weighted by atomic mass is 9.78. The number of nitrogens with zero attached hydrogens (tertiary/aromatic N) is 1. The van der Waals surface area contributed by atoms with Crippen molar-refractivity contribution in [2.75, 3.05) is 47.1 Å². The van der Waals surface area contributed by atoms with Gasteiger partial charge < -0.3 is 49.2 Å². The summed E-state index contributed by atoms with van der Waals surface area (Å²) < 4.78 is 29.3. The molecule has 0 aromatic rings. The van der Waals surface area contributed by atoms with Crippen LogP contribution in [0.15, 0.2) is 47.6 Å². The van der Waals surface area contributed by atoms with Crippen LogP contribution >= 0.6 is 0 Å². The van der Waals surface area contributed by atoms with Gasteiger partial charge in [-0.1, -0.05) is 83.6 Å². The maximum absolute atomic E-state index is 14.5. The molecular formula is C56H92N2O12. The van der Waals surface area contributed by atoms with Gasteiger partial charge in [0.25, 0.3) is 11.7 Å². The molecule has 4 N–H and O–H groups in total. The fraction of sp³-hybridized carbons (Fsp3) is 0.786. The number of methoxy groups -OCH3 is 2. The van der Waals surface area contributed by atoms with Crippen LogP contribution in [0.2, 0.25) is 0 Å². The number of aliphatic hydroxyl groups is 3. The number of ketones is 2. The normalized spacial score (nSPS) is 38.4. The minimum atomic E-state index is -2.39. The summed E-state index contributed by atoms with van der Waals surface area (Å²) in [5.74, 6) is -6.17. The van der Waals surface area contributed by atoms with Gasteiger partial charge in [0.2, 0.25) is 5.79 Å². The van der Waals surface area contributed by atoms with Gasteiger partial charge >= 0.3 is 5.97 Å². The number of carbonyl (C=O) groups is 4. The Balaban J connectivity index is 1.68. The largest absolute Gasteiger partial charge is 0.461 e. The summed E-state index contributed by atoms with van der Waals surface area (Å²) in [6.07, 6.45) is 17.3. The molecule has 15 atom stereocenters. The second-order valence-corrected chi connectivity index (χ2v) is 21.4. The smallest absolute Gasteiger partial charge is 0.329 e. The zero-order chi connectivity index (χ0) is 51.5. The predicted octanol–water partition coefficient (Wildman–Crippen LogP) is 7.62. The summed E-state index contributed by atoms with van der Waals surface area (Å²) in [6, 6.07) is -1.24. The highest BCUT2D eigenvalue weighted by Crippen LogP contribution is 2.38. The Morgan fingerprint density at radius 3 is 2.33 bits per heavy atom. The number of nitrogens with one attached hydrogen (secondary N) is 1. The van der Waals surface area contributed by atoms with E-state index >= 15 is 0 Å². The number of cyclic esters (lactones) is 1. The first-order valence-electron chi connectivity index (χ1n) is 26.7. The van der Waals surface area contributed by atoms with E-state index in [0.717, 1.165) is 24.0 Å². The third-order valence-electron chi connectivity index (χ3n) is 15.7. The molecule has 15 unspecified atom stereocenters. The average molecular weight is 985 g/mol. The topological polar surface area (TPSA) is 190 Å². The zero-order valence-electron chi connectivity index (χ0n) is 44.4. The molecular weight excluding hydrogens is 893 g/mol. The average Bonchev–Trinajstić information content (AvgIpc) is 3.34. The van der Waals surface area contributed by atoms with Crippen molar-refractivity contribution in [3.05, 3.63) is 47.6 Å². The second-order valence-electron chi connectivity index (χ2n) is 21.4. The van der Waals surface area contributed by atoms with Gasteiger partial charge in [-0.3, -0.25) is 14.4 Å². The molecule has 3 fully saturated rings. The Labute approximate surface area is 420 Å². The summed E-state index contributed by atoms with van der Waals surface area (Å²) in [5, 5.41) is 37.9. The molecule has 1 saturated carbocycles. The maximum Gasteiger partial charge on any atom is 0.329 e. The van der Waals surface area contributed by atoms with Crippen LogP contribution in [-0.2, 0) is 42.9 Å². The van der Waals surface area contributed by atoms with E-state index in [1.807, 2.05) is 58.1 Å². The van der Waals surface area contributed by atoms with Crippen molar-refractivity contribution in [2.45, 2.75) is 194 Å². The molecule has 14 nitrogen and oxygen atoms in total. The Bertz CT molecular complexity index is 1780. The number of hydrogen-bond acceptors (Lipinski definition) is 13. The zero-order valence-corrected chi connectivity index (χ0v) is 44.4. The van der Waals surface area contributed by atoms with Gasteiger partial charge in [0.1, 0.15) is 17.9 Å². The summed E-state index contributed by atoms with van der Waals surface area (Å²) >= 11 is 0. The molecule has 3 heterocycles. The minimum Gasteiger partial charge on any atom is -0.461 e. The molecule has 2 bridgehead atoms. The highest BCUT2D eigenvalue weighted by molar-refractivity contribution is 6.39. The number of aliphatic hydroxyl groups excluding tert-OH is 2. The summed E-state index contributed by atoms with van der Waals surface area (Å²) in [5.41, 5.74) is 1.73. The van der Waals surface area contributed by atoms with E-state index in [1.54, 1.807) is 21.1 Å². The summed E-state index contributed by atoms with van der Waals surface area (Å²) in [7, 11) is 3.24. The first kappa shape index (κ1) is 59.5. The van der Waals surface area contributed by atoms with Crippen LogP contribution in [0.1, 0.15) is 145 Å². The van der Waals surface area contributed by atoms with Gasteiger partial charge in [0.05, 0.1) is 44.2 Å². The van der Waals surface area contributed by atoms with Crippen LogP contribution in [0, 0.1) is 41.4 Å². The summed E-state index contributed by atoms with van der Waals surface area (Å²) in [6.45, 7) is 17.8. The molecule has 398 valence electrons. The first-order chi connectivity index (χ1) is 33.3. The molecule has 70 heavy (non-hydrogen) atoms. The molecule has 0 spiro atoms. The van der Waals surface area contributed by atoms with Crippen molar-refractivity contribution in [1.29, 1.82) is 0 Å². The molecule has 4 aliphatic rings. The van der Waals surface area contributed by atoms with Gasteiger partial charge in [-0.2, -0.15) is 0 Å². The molecule has 0 aromatic heterocycles. The lowest BCUT2D eigenvalue weighted by Crippen LogP contribution is -2.61. The van der Waals surface area contributed by atoms with Crippen molar-refractivity contribution in [2.24, 2.45) is 41.4 Å². The second kappa shape index (κ2) is 29.6. The van der Waals surface area contributed by atoms with Gasteiger partial charge in [-0.15, -0.1) is 0 Å². The number of hydrogen-bond donors (Lipinski definition) is 4. The molecule has 1 aliphatic carbocycles. The van der Waals surface area contributed by atoms with E-state index in [2.05, 4.69) is 32.2 Å². The van der Waals surface area contributed by atoms with Crippen molar-refractivity contribution < 1.29 is 58.2 Å². The number of fused-ring (bicyclic) bond motifs is 3. The van der Waals surface area contributed by atoms with E-state index in [0.29, 0.717) is 103 Å². The quantitative estimate of drug-likeness (QED) is 0.0648. The molecule has 1 amide bonds. The maximum atomic E-state index is 14.5. The lowest BCUT2D eigenvalue weighted by molar-refractivity contribution is -0.264. The summed E-state index contributed by atoms with van der Waals surface area (Å²) in [4.78, 5) is 58.6. The van der Waals surface area contributed by atoms with Crippen LogP contribution in [0.25, 0.3) is 0 Å². The highest BCUT2D eigenvalue weighted by atomic mass is 16.6. The van der Waals surface area contributed by atoms with Crippen molar-refractivity contribution in [3.63, 3.8) is 0 Å². The third-order valence-corrected chi connectivity index (χ3v) is 15.7. The SMILES string of the molecule is CCC1C(=O)C(C)CC(C)/C=C/C=C/C=C(\C)C(NCCOCCOC)CC2CCC(C)C(O)(O2)C(=O)C(=O)N2CCCCC2C(=O)OC(C(C)CC2CCC(O)C(OC)C2)CCC(C)/C=C(\C)C1O. The van der Waals surface area contributed by atoms with Crippen molar-refractivity contribution in [1.82, 2.24) is 10.2 Å². The lowest BCUT2D eigenvalue weighted by Gasteiger charge is -2.43. The number of carbonyl (C=O) groups excluding carboxylic acids is 4. The van der Waals surface area contributed by atoms with E-state index < -0.39 is 65.7 Å². The van der Waals surface area contributed by atoms with E-state index in [4.69, 9.17) is 23.7 Å². The van der Waals surface area contributed by atoms with Crippen LogP contribution in [-0.4, -0.2) is 139 Å². The molecule has 4 rings (SSSR count). The molecule has 0 radical (unpaired) electrons. The number of amides is 1. The number of rotatable bonds is 12. The minimum absolute atomic E-state index is 0.0257. The Hall–Kier alpha value is -3.08. The number of piperidine rings is 1. The van der Waals surface area contributed by atoms with Gasteiger partial charge in [0.15, 0.2) is 0 Å². The Kier molecular flexibility index (Phi) is 25.1. The van der Waals surface area contributed by atoms with Gasteiger partial charge in [-0.05, 0) is 133 Å². The molecule has 14 heteroatoms. The number of esters is 1. The fourth-order valence-corrected chi connectivity index (χ4v) is 11.2. The van der Waals surface area contributed by atoms with Crippen LogP contribution < -0.4 is 5.32 Å². The standard InChI is InChI=1S/C56H92N2O12/c1-11-45-51(60)40(6)31-36(2)17-13-12-14-18-38(4)46(57-26-28-68-30-29-66-9)35-44-23-21-42(8)56(65,70-44)53(62)54(63)58-27-16-15-19-47(58)55(64)69-49(25-20-37(3)32-41(7)52(45)61)39(5)33-43-22-24-48(59)50(34-43)67-10/h12-14,17-18,32,36-37,39-40,42-50,52,57,59,61,65H,11,15-16,19-31,33-35H2,1-10H3/b14-12+,17-13+,38-18+,41-32+. The van der Waals surface area contributed by atoms with Crippen LogP contribution in [0.3, 0.4) is 0 Å². The third kappa shape index (κ3) is 17.3. The monoisotopic (exact) mass is 985 g/mol. The number of ether oxygens (including phenoxy) is 5. The van der Waals surface area contributed by atoms with Crippen LogP contribution in [0.5, 0.6) is 0 Å². The van der Waals surface area contributed by atoms with Crippen molar-refractivity contribution >= 4 is 23.4 Å². The van der Waals surface area contributed by atoms with Crippen molar-refractivity contribution in [3.8, 4) is 0 Å². The van der Waals surface area contributed by atoms with Gasteiger partial charge in [0, 0.05) is 51.1 Å². The Morgan fingerprint density at radius 2 is 1.61 bits per heavy atom. The predicted molar refractivity (Wildman–Crippen MR) is 271 cm³/mol. The highest BCUT2D eigenvalue weighted by Gasteiger charge is 2.53. The molecule has 0 aromatic carbocycles. The molecule has 3 aliphatic heterocycles. The fourth-order valence-electron chi connectivity index (χ4n) is 11.2. The number of allylic oxidation sites excluding steroid dienone is 6. The van der Waals surface area contributed by atoms with E-state index in [1.165, 1.54) is 4.90 Å². The Morgan fingerprint density at radius 1 is 0.857 bits per heavy atom. The number of Topliss-reactive ketones (excluding diaryl/α,β-unsaturated/α-hetero) is 2.